The molecule has 1 aliphatic rings. The average Bonchev–Trinajstić information content (AvgIpc) is 2.88. The molecule has 1 heterocycles. The lowest BCUT2D eigenvalue weighted by Gasteiger charge is -2.23. The standard InChI is InChI=1S/C20H20FN3O3S/c1-23-19(26)17(11-18(25)22-15-7-9-16(27-2)10-8-15)24(20(23)28)12-13-3-5-14(21)6-4-13/h3-10,17H,11-12H2,1-2H3,(H,22,25). The van der Waals surface area contributed by atoms with Crippen LogP contribution >= 0.6 is 12.2 Å². The second-order valence-electron chi connectivity index (χ2n) is 6.43. The maximum Gasteiger partial charge on any atom is 0.251 e. The van der Waals surface area contributed by atoms with Gasteiger partial charge in [0.25, 0.3) is 5.91 Å². The Morgan fingerprint density at radius 2 is 1.82 bits per heavy atom. The third-order valence-corrected chi connectivity index (χ3v) is 5.05. The summed E-state index contributed by atoms with van der Waals surface area (Å²) in [7, 11) is 3.15. The van der Waals surface area contributed by atoms with Gasteiger partial charge in [-0.25, -0.2) is 4.39 Å². The molecule has 0 aromatic heterocycles. The second-order valence-corrected chi connectivity index (χ2v) is 6.80. The fraction of sp³-hybridized carbons (Fsp3) is 0.250. The van der Waals surface area contributed by atoms with Crippen LogP contribution in [0.25, 0.3) is 0 Å². The summed E-state index contributed by atoms with van der Waals surface area (Å²) < 4.78 is 18.2. The number of likely N-dealkylation sites (N-methyl/N-ethyl adjacent to an activating group) is 1. The zero-order valence-corrected chi connectivity index (χ0v) is 16.3. The van der Waals surface area contributed by atoms with Gasteiger partial charge < -0.3 is 15.0 Å². The van der Waals surface area contributed by atoms with Crippen LogP contribution in [0.5, 0.6) is 5.75 Å². The summed E-state index contributed by atoms with van der Waals surface area (Å²) in [5.74, 6) is -0.194. The van der Waals surface area contributed by atoms with Gasteiger partial charge in [-0.05, 0) is 54.2 Å². The molecule has 0 saturated carbocycles. The van der Waals surface area contributed by atoms with Crippen molar-refractivity contribution in [3.63, 3.8) is 0 Å². The van der Waals surface area contributed by atoms with E-state index >= 15 is 0 Å². The molecule has 1 saturated heterocycles. The number of nitrogens with one attached hydrogen (secondary N) is 1. The fourth-order valence-corrected chi connectivity index (χ4v) is 3.28. The highest BCUT2D eigenvalue weighted by molar-refractivity contribution is 7.80. The molecular weight excluding hydrogens is 381 g/mol. The number of benzene rings is 2. The molecule has 1 N–H and O–H groups in total. The number of halogens is 1. The third kappa shape index (κ3) is 4.28. The molecule has 2 amide bonds. The first-order valence-corrected chi connectivity index (χ1v) is 9.06. The van der Waals surface area contributed by atoms with Crippen molar-refractivity contribution in [3.05, 3.63) is 59.9 Å². The number of anilines is 1. The molecule has 3 rings (SSSR count). The third-order valence-electron chi connectivity index (χ3n) is 4.54. The molecule has 0 aliphatic carbocycles. The molecule has 0 bridgehead atoms. The number of carbonyl (C=O) groups is 2. The van der Waals surface area contributed by atoms with E-state index in [0.29, 0.717) is 23.1 Å². The van der Waals surface area contributed by atoms with Crippen molar-refractivity contribution in [2.75, 3.05) is 19.5 Å². The minimum absolute atomic E-state index is 0.0451. The van der Waals surface area contributed by atoms with Crippen molar-refractivity contribution in [3.8, 4) is 5.75 Å². The van der Waals surface area contributed by atoms with Gasteiger partial charge in [-0.15, -0.1) is 0 Å². The Balaban J connectivity index is 1.71. The van der Waals surface area contributed by atoms with Crippen LogP contribution in [0.1, 0.15) is 12.0 Å². The smallest absolute Gasteiger partial charge is 0.251 e. The Kier molecular flexibility index (Phi) is 5.89. The van der Waals surface area contributed by atoms with Crippen LogP contribution in [0.2, 0.25) is 0 Å². The van der Waals surface area contributed by atoms with Crippen LogP contribution < -0.4 is 10.1 Å². The minimum atomic E-state index is -0.708. The summed E-state index contributed by atoms with van der Waals surface area (Å²) in [6.45, 7) is 0.315. The predicted molar refractivity (Wildman–Crippen MR) is 107 cm³/mol. The van der Waals surface area contributed by atoms with Gasteiger partial charge in [0.05, 0.1) is 13.5 Å². The van der Waals surface area contributed by atoms with E-state index in [1.807, 2.05) is 0 Å². The van der Waals surface area contributed by atoms with Crippen molar-refractivity contribution >= 4 is 34.8 Å². The number of hydrogen-bond donors (Lipinski definition) is 1. The zero-order chi connectivity index (χ0) is 20.3. The Morgan fingerprint density at radius 1 is 1.18 bits per heavy atom. The van der Waals surface area contributed by atoms with Crippen LogP contribution in [-0.2, 0) is 16.1 Å². The lowest BCUT2D eigenvalue weighted by atomic mass is 10.1. The van der Waals surface area contributed by atoms with Crippen LogP contribution in [0, 0.1) is 5.82 Å². The van der Waals surface area contributed by atoms with Crippen LogP contribution in [-0.4, -0.2) is 46.9 Å². The zero-order valence-electron chi connectivity index (χ0n) is 15.5. The molecule has 6 nitrogen and oxygen atoms in total. The van der Waals surface area contributed by atoms with Gasteiger partial charge in [0.15, 0.2) is 5.11 Å². The molecule has 0 spiro atoms. The highest BCUT2D eigenvalue weighted by Crippen LogP contribution is 2.23. The molecule has 8 heteroatoms. The van der Waals surface area contributed by atoms with Gasteiger partial charge in [0, 0.05) is 19.3 Å². The first-order valence-electron chi connectivity index (χ1n) is 8.65. The predicted octanol–water partition coefficient (Wildman–Crippen LogP) is 2.79. The number of ether oxygens (including phenoxy) is 1. The summed E-state index contributed by atoms with van der Waals surface area (Å²) in [5, 5.41) is 3.12. The first-order chi connectivity index (χ1) is 13.4. The lowest BCUT2D eigenvalue weighted by Crippen LogP contribution is -2.37. The number of methoxy groups -OCH3 is 1. The molecular formula is C20H20FN3O3S. The summed E-state index contributed by atoms with van der Waals surface area (Å²) in [5.41, 5.74) is 1.41. The van der Waals surface area contributed by atoms with Gasteiger partial charge in [-0.3, -0.25) is 14.5 Å². The largest absolute Gasteiger partial charge is 0.497 e. The molecule has 2 aromatic rings. The van der Waals surface area contributed by atoms with E-state index in [4.69, 9.17) is 17.0 Å². The average molecular weight is 401 g/mol. The van der Waals surface area contributed by atoms with Gasteiger partial charge in [-0.1, -0.05) is 12.1 Å². The van der Waals surface area contributed by atoms with Crippen molar-refractivity contribution < 1.29 is 18.7 Å². The van der Waals surface area contributed by atoms with Gasteiger partial charge in [0.2, 0.25) is 5.91 Å². The number of amides is 2. The molecule has 28 heavy (non-hydrogen) atoms. The van der Waals surface area contributed by atoms with E-state index in [-0.39, 0.29) is 24.1 Å². The molecule has 146 valence electrons. The highest BCUT2D eigenvalue weighted by atomic mass is 32.1. The summed E-state index contributed by atoms with van der Waals surface area (Å²) in [6, 6.07) is 12.2. The van der Waals surface area contributed by atoms with Gasteiger partial charge >= 0.3 is 0 Å². The molecule has 0 radical (unpaired) electrons. The monoisotopic (exact) mass is 401 g/mol. The number of hydrogen-bond acceptors (Lipinski definition) is 4. The quantitative estimate of drug-likeness (QED) is 0.755. The van der Waals surface area contributed by atoms with Crippen LogP contribution in [0.4, 0.5) is 10.1 Å². The van der Waals surface area contributed by atoms with Gasteiger partial charge in [0.1, 0.15) is 17.6 Å². The number of carbonyl (C=O) groups excluding carboxylic acids is 2. The highest BCUT2D eigenvalue weighted by Gasteiger charge is 2.41. The van der Waals surface area contributed by atoms with E-state index < -0.39 is 6.04 Å². The van der Waals surface area contributed by atoms with E-state index in [0.717, 1.165) is 5.56 Å². The molecule has 2 aromatic carbocycles. The van der Waals surface area contributed by atoms with E-state index in [1.165, 1.54) is 17.0 Å². The van der Waals surface area contributed by atoms with Crippen molar-refractivity contribution in [1.29, 1.82) is 0 Å². The van der Waals surface area contributed by atoms with Crippen LogP contribution in [0.15, 0.2) is 48.5 Å². The van der Waals surface area contributed by atoms with Crippen LogP contribution in [0.3, 0.4) is 0 Å². The number of rotatable bonds is 6. The first kappa shape index (κ1) is 19.8. The summed E-state index contributed by atoms with van der Waals surface area (Å²) >= 11 is 5.36. The lowest BCUT2D eigenvalue weighted by molar-refractivity contribution is -0.130. The van der Waals surface area contributed by atoms with Gasteiger partial charge in [-0.2, -0.15) is 0 Å². The summed E-state index contributed by atoms with van der Waals surface area (Å²) in [6.07, 6.45) is -0.0451. The Bertz CT molecular complexity index is 887. The van der Waals surface area contributed by atoms with E-state index in [9.17, 15) is 14.0 Å². The van der Waals surface area contributed by atoms with E-state index in [2.05, 4.69) is 5.32 Å². The maximum absolute atomic E-state index is 13.1. The minimum Gasteiger partial charge on any atom is -0.497 e. The van der Waals surface area contributed by atoms with Crippen molar-refractivity contribution in [2.24, 2.45) is 0 Å². The van der Waals surface area contributed by atoms with Crippen molar-refractivity contribution in [1.82, 2.24) is 9.80 Å². The molecule has 1 fully saturated rings. The summed E-state index contributed by atoms with van der Waals surface area (Å²) in [4.78, 5) is 28.1. The maximum atomic E-state index is 13.1. The number of nitrogens with zero attached hydrogens (tertiary/aromatic N) is 2. The molecule has 1 atom stereocenters. The number of thiocarbonyl (C=S) groups is 1. The Morgan fingerprint density at radius 3 is 2.43 bits per heavy atom. The molecule has 1 unspecified atom stereocenters. The Hall–Kier alpha value is -3.00. The van der Waals surface area contributed by atoms with Crippen molar-refractivity contribution in [2.45, 2.75) is 19.0 Å². The fourth-order valence-electron chi connectivity index (χ4n) is 3.00. The topological polar surface area (TPSA) is 61.9 Å². The van der Waals surface area contributed by atoms with E-state index in [1.54, 1.807) is 55.5 Å². The second kappa shape index (κ2) is 8.35. The molecule has 1 aliphatic heterocycles. The Labute approximate surface area is 167 Å². The normalized spacial score (nSPS) is 16.5. The SMILES string of the molecule is COc1ccc(NC(=O)CC2C(=O)N(C)C(=S)N2Cc2ccc(F)cc2)cc1.